The van der Waals surface area contributed by atoms with Crippen LogP contribution in [0.25, 0.3) is 0 Å². The van der Waals surface area contributed by atoms with Crippen LogP contribution in [-0.4, -0.2) is 24.1 Å². The van der Waals surface area contributed by atoms with E-state index < -0.39 is 0 Å². The molecule has 0 saturated heterocycles. The molecule has 0 atom stereocenters. The highest BCUT2D eigenvalue weighted by Crippen LogP contribution is 2.18. The Bertz CT molecular complexity index is 738. The highest BCUT2D eigenvalue weighted by Gasteiger charge is 2.14. The second-order valence-corrected chi connectivity index (χ2v) is 6.85. The summed E-state index contributed by atoms with van der Waals surface area (Å²) in [5.41, 5.74) is 1.94. The molecule has 1 fully saturated rings. The van der Waals surface area contributed by atoms with Crippen LogP contribution in [0.1, 0.15) is 37.7 Å². The van der Waals surface area contributed by atoms with Crippen LogP contribution >= 0.6 is 12.2 Å². The number of ether oxygens (including phenoxy) is 1. The predicted octanol–water partition coefficient (Wildman–Crippen LogP) is 4.76. The Hall–Kier alpha value is -2.40. The molecule has 0 aliphatic heterocycles. The lowest BCUT2D eigenvalue weighted by atomic mass is 9.96. The smallest absolute Gasteiger partial charge is 0.194 e. The fourth-order valence-electron chi connectivity index (χ4n) is 3.13. The van der Waals surface area contributed by atoms with Gasteiger partial charge in [0.05, 0.1) is 7.11 Å². The number of benzene rings is 2. The molecule has 0 amide bonds. The number of thiocarbonyl (C=S) groups is 1. The SMILES string of the molecule is COc1ccc(/C(=N/C(=S)NC2CCCCC2)Nc2ccccc2)cc1. The summed E-state index contributed by atoms with van der Waals surface area (Å²) in [4.78, 5) is 4.68. The number of para-hydroxylation sites is 1. The molecule has 4 nitrogen and oxygen atoms in total. The van der Waals surface area contributed by atoms with Crippen LogP contribution in [0.15, 0.2) is 59.6 Å². The van der Waals surface area contributed by atoms with Gasteiger partial charge in [-0.15, -0.1) is 0 Å². The zero-order valence-electron chi connectivity index (χ0n) is 15.1. The average molecular weight is 368 g/mol. The van der Waals surface area contributed by atoms with Gasteiger partial charge in [0.2, 0.25) is 0 Å². The van der Waals surface area contributed by atoms with E-state index in [1.165, 1.54) is 32.1 Å². The van der Waals surface area contributed by atoms with Crippen LogP contribution in [0.5, 0.6) is 5.75 Å². The molecule has 2 N–H and O–H groups in total. The molecule has 136 valence electrons. The summed E-state index contributed by atoms with van der Waals surface area (Å²) in [7, 11) is 1.66. The van der Waals surface area contributed by atoms with Gasteiger partial charge in [0.15, 0.2) is 5.11 Å². The molecule has 1 saturated carbocycles. The van der Waals surface area contributed by atoms with E-state index in [-0.39, 0.29) is 0 Å². The maximum atomic E-state index is 5.51. The molecule has 26 heavy (non-hydrogen) atoms. The van der Waals surface area contributed by atoms with Crippen LogP contribution in [0, 0.1) is 0 Å². The lowest BCUT2D eigenvalue weighted by Gasteiger charge is -2.23. The second-order valence-electron chi connectivity index (χ2n) is 6.46. The van der Waals surface area contributed by atoms with Crippen molar-refractivity contribution in [3.05, 3.63) is 60.2 Å². The van der Waals surface area contributed by atoms with Crippen molar-refractivity contribution in [3.8, 4) is 5.75 Å². The van der Waals surface area contributed by atoms with Crippen molar-refractivity contribution >= 4 is 28.9 Å². The van der Waals surface area contributed by atoms with E-state index in [1.54, 1.807) is 7.11 Å². The molecule has 0 unspecified atom stereocenters. The quantitative estimate of drug-likeness (QED) is 0.465. The summed E-state index contributed by atoms with van der Waals surface area (Å²) >= 11 is 5.51. The molecule has 0 radical (unpaired) electrons. The first-order chi connectivity index (χ1) is 12.7. The summed E-state index contributed by atoms with van der Waals surface area (Å²) < 4.78 is 5.25. The molecule has 3 rings (SSSR count). The van der Waals surface area contributed by atoms with E-state index in [9.17, 15) is 0 Å². The summed E-state index contributed by atoms with van der Waals surface area (Å²) in [5, 5.41) is 7.32. The maximum absolute atomic E-state index is 5.51. The first-order valence-corrected chi connectivity index (χ1v) is 9.51. The van der Waals surface area contributed by atoms with Gasteiger partial charge in [0.1, 0.15) is 11.6 Å². The molecule has 0 spiro atoms. The minimum atomic E-state index is 0.439. The maximum Gasteiger partial charge on any atom is 0.194 e. The third-order valence-corrected chi connectivity index (χ3v) is 4.76. The van der Waals surface area contributed by atoms with Crippen LogP contribution in [0.2, 0.25) is 0 Å². The van der Waals surface area contributed by atoms with Gasteiger partial charge in [-0.2, -0.15) is 0 Å². The van der Waals surface area contributed by atoms with Crippen molar-refractivity contribution in [1.29, 1.82) is 0 Å². The van der Waals surface area contributed by atoms with Gasteiger partial charge >= 0.3 is 0 Å². The minimum absolute atomic E-state index is 0.439. The number of amidine groups is 1. The number of methoxy groups -OCH3 is 1. The van der Waals surface area contributed by atoms with Gasteiger partial charge in [-0.25, -0.2) is 4.99 Å². The molecule has 2 aromatic carbocycles. The molecular weight excluding hydrogens is 342 g/mol. The molecular formula is C21H25N3OS. The van der Waals surface area contributed by atoms with Crippen molar-refractivity contribution in [1.82, 2.24) is 5.32 Å². The van der Waals surface area contributed by atoms with Crippen molar-refractivity contribution in [2.24, 2.45) is 4.99 Å². The molecule has 0 bridgehead atoms. The summed E-state index contributed by atoms with van der Waals surface area (Å²) in [6, 6.07) is 18.3. The standard InChI is InChI=1S/C21H25N3OS/c1-25-19-14-12-16(13-15-19)20(22-17-8-4-2-5-9-17)24-21(26)23-18-10-6-3-7-11-18/h2,4-5,8-9,12-15,18H,3,6-7,10-11H2,1H3,(H2,22,23,24,26). The molecule has 2 aromatic rings. The highest BCUT2D eigenvalue weighted by molar-refractivity contribution is 7.80. The Morgan fingerprint density at radius 3 is 2.35 bits per heavy atom. The van der Waals surface area contributed by atoms with Crippen LogP contribution < -0.4 is 15.4 Å². The van der Waals surface area contributed by atoms with Crippen molar-refractivity contribution in [2.75, 3.05) is 12.4 Å². The molecule has 1 aliphatic rings. The lowest BCUT2D eigenvalue weighted by molar-refractivity contribution is 0.414. The van der Waals surface area contributed by atoms with Crippen LogP contribution in [0.4, 0.5) is 5.69 Å². The van der Waals surface area contributed by atoms with Gasteiger partial charge in [0, 0.05) is 17.3 Å². The van der Waals surface area contributed by atoms with Gasteiger partial charge in [0.25, 0.3) is 0 Å². The van der Waals surface area contributed by atoms with Crippen LogP contribution in [-0.2, 0) is 0 Å². The second kappa shape index (κ2) is 9.34. The number of rotatable bonds is 4. The summed E-state index contributed by atoms with van der Waals surface area (Å²) in [5.74, 6) is 1.54. The number of nitrogens with one attached hydrogen (secondary N) is 2. The van der Waals surface area contributed by atoms with E-state index >= 15 is 0 Å². The topological polar surface area (TPSA) is 45.6 Å². The van der Waals surface area contributed by atoms with E-state index in [0.717, 1.165) is 22.8 Å². The van der Waals surface area contributed by atoms with E-state index in [2.05, 4.69) is 15.6 Å². The Morgan fingerprint density at radius 2 is 1.69 bits per heavy atom. The normalized spacial score (nSPS) is 15.3. The Labute approximate surface area is 160 Å². The fourth-order valence-corrected chi connectivity index (χ4v) is 3.39. The van der Waals surface area contributed by atoms with Gasteiger partial charge < -0.3 is 15.4 Å². The van der Waals surface area contributed by atoms with Crippen LogP contribution in [0.3, 0.4) is 0 Å². The zero-order valence-corrected chi connectivity index (χ0v) is 15.9. The molecule has 0 aromatic heterocycles. The predicted molar refractivity (Wildman–Crippen MR) is 112 cm³/mol. The van der Waals surface area contributed by atoms with E-state index in [4.69, 9.17) is 17.0 Å². The summed E-state index contributed by atoms with van der Waals surface area (Å²) in [6.45, 7) is 0. The van der Waals surface area contributed by atoms with E-state index in [1.807, 2.05) is 54.6 Å². The summed E-state index contributed by atoms with van der Waals surface area (Å²) in [6.07, 6.45) is 6.18. The van der Waals surface area contributed by atoms with Crippen molar-refractivity contribution in [2.45, 2.75) is 38.1 Å². The van der Waals surface area contributed by atoms with E-state index in [0.29, 0.717) is 11.2 Å². The van der Waals surface area contributed by atoms with Gasteiger partial charge in [-0.3, -0.25) is 0 Å². The lowest BCUT2D eigenvalue weighted by Crippen LogP contribution is -2.35. The van der Waals surface area contributed by atoms with Gasteiger partial charge in [-0.1, -0.05) is 37.5 Å². The largest absolute Gasteiger partial charge is 0.497 e. The number of nitrogens with zero attached hydrogens (tertiary/aromatic N) is 1. The third-order valence-electron chi connectivity index (χ3n) is 4.55. The number of aliphatic imine (C=N–C) groups is 1. The molecule has 0 heterocycles. The zero-order chi connectivity index (χ0) is 18.2. The molecule has 1 aliphatic carbocycles. The average Bonchev–Trinajstić information content (AvgIpc) is 2.69. The number of hydrogen-bond donors (Lipinski definition) is 2. The fraction of sp³-hybridized carbons (Fsp3) is 0.333. The Kier molecular flexibility index (Phi) is 6.61. The number of anilines is 1. The monoisotopic (exact) mass is 367 g/mol. The first kappa shape index (κ1) is 18.4. The number of hydrogen-bond acceptors (Lipinski definition) is 2. The third kappa shape index (κ3) is 5.30. The Morgan fingerprint density at radius 1 is 1.00 bits per heavy atom. The van der Waals surface area contributed by atoms with Crippen molar-refractivity contribution in [3.63, 3.8) is 0 Å². The first-order valence-electron chi connectivity index (χ1n) is 9.10. The van der Waals surface area contributed by atoms with Crippen molar-refractivity contribution < 1.29 is 4.74 Å². The minimum Gasteiger partial charge on any atom is -0.497 e. The Balaban J connectivity index is 1.79. The highest BCUT2D eigenvalue weighted by atomic mass is 32.1. The van der Waals surface area contributed by atoms with Gasteiger partial charge in [-0.05, 0) is 61.5 Å². The molecule has 5 heteroatoms.